The van der Waals surface area contributed by atoms with Gasteiger partial charge in [-0.25, -0.2) is 15.0 Å². The van der Waals surface area contributed by atoms with Gasteiger partial charge < -0.3 is 8.98 Å². The van der Waals surface area contributed by atoms with Crippen LogP contribution in [0.5, 0.6) is 0 Å². The molecule has 12 rings (SSSR count). The highest BCUT2D eigenvalue weighted by molar-refractivity contribution is 7.25. The molecular formula is C51H30N4OS. The van der Waals surface area contributed by atoms with Crippen LogP contribution in [0.3, 0.4) is 0 Å². The Balaban J connectivity index is 1.07. The Hall–Kier alpha value is -7.41. The average molecular weight is 747 g/mol. The first kappa shape index (κ1) is 31.9. The SMILES string of the molecule is c1ccc(-c2ccc(-c3nc(-c4ccc5sc6ccccc6c5c4)nc(-c4cccc5c4oc4cc6c7ccccc7n(-c7ccccc7)c6cc45)n3)cc2)cc1. The molecule has 5 nitrogen and oxygen atoms in total. The number of rotatable bonds is 5. The lowest BCUT2D eigenvalue weighted by Gasteiger charge is -2.10. The molecule has 8 aromatic carbocycles. The average Bonchev–Trinajstić information content (AvgIpc) is 3.95. The summed E-state index contributed by atoms with van der Waals surface area (Å²) in [5, 5.41) is 6.80. The second kappa shape index (κ2) is 12.6. The van der Waals surface area contributed by atoms with Gasteiger partial charge in [0.25, 0.3) is 0 Å². The normalized spacial score (nSPS) is 11.9. The van der Waals surface area contributed by atoms with Crippen molar-refractivity contribution in [1.82, 2.24) is 19.5 Å². The molecule has 0 aliphatic carbocycles. The molecule has 0 fully saturated rings. The molecule has 0 aliphatic rings. The predicted molar refractivity (Wildman–Crippen MR) is 236 cm³/mol. The van der Waals surface area contributed by atoms with Gasteiger partial charge in [-0.2, -0.15) is 0 Å². The first-order valence-corrected chi connectivity index (χ1v) is 19.8. The van der Waals surface area contributed by atoms with E-state index in [4.69, 9.17) is 19.4 Å². The lowest BCUT2D eigenvalue weighted by atomic mass is 10.0. The summed E-state index contributed by atoms with van der Waals surface area (Å²) in [4.78, 5) is 15.5. The molecule has 266 valence electrons. The van der Waals surface area contributed by atoms with E-state index in [2.05, 4.69) is 180 Å². The van der Waals surface area contributed by atoms with Crippen molar-refractivity contribution in [1.29, 1.82) is 0 Å². The van der Waals surface area contributed by atoms with Gasteiger partial charge in [-0.15, -0.1) is 11.3 Å². The molecule has 4 aromatic heterocycles. The summed E-state index contributed by atoms with van der Waals surface area (Å²) in [5.74, 6) is 1.78. The van der Waals surface area contributed by atoms with Crippen LogP contribution in [-0.4, -0.2) is 19.5 Å². The highest BCUT2D eigenvalue weighted by Gasteiger charge is 2.21. The van der Waals surface area contributed by atoms with E-state index in [0.717, 1.165) is 71.9 Å². The monoisotopic (exact) mass is 746 g/mol. The van der Waals surface area contributed by atoms with Crippen LogP contribution in [-0.2, 0) is 0 Å². The van der Waals surface area contributed by atoms with Crippen molar-refractivity contribution < 1.29 is 4.42 Å². The Bertz CT molecular complexity index is 3510. The third-order valence-electron chi connectivity index (χ3n) is 11.1. The Morgan fingerprint density at radius 1 is 0.386 bits per heavy atom. The number of furan rings is 1. The van der Waals surface area contributed by atoms with E-state index < -0.39 is 0 Å². The third-order valence-corrected chi connectivity index (χ3v) is 12.2. The maximum Gasteiger partial charge on any atom is 0.167 e. The van der Waals surface area contributed by atoms with E-state index >= 15 is 0 Å². The summed E-state index contributed by atoms with van der Waals surface area (Å²) in [5.41, 5.74) is 9.93. The lowest BCUT2D eigenvalue weighted by molar-refractivity contribution is 0.670. The van der Waals surface area contributed by atoms with Gasteiger partial charge in [0, 0.05) is 58.5 Å². The summed E-state index contributed by atoms with van der Waals surface area (Å²) in [6.07, 6.45) is 0. The molecule has 4 heterocycles. The van der Waals surface area contributed by atoms with E-state index in [1.165, 1.54) is 25.6 Å². The van der Waals surface area contributed by atoms with Gasteiger partial charge in [-0.05, 0) is 71.8 Å². The number of thiophene rings is 1. The van der Waals surface area contributed by atoms with Crippen LogP contribution in [0.1, 0.15) is 0 Å². The van der Waals surface area contributed by atoms with E-state index in [9.17, 15) is 0 Å². The number of fused-ring (bicyclic) bond motifs is 9. The highest BCUT2D eigenvalue weighted by Crippen LogP contribution is 2.41. The molecule has 0 unspecified atom stereocenters. The molecule has 0 bridgehead atoms. The number of para-hydroxylation sites is 3. The summed E-state index contributed by atoms with van der Waals surface area (Å²) in [6, 6.07) is 63.8. The molecule has 0 atom stereocenters. The Labute approximate surface area is 330 Å². The molecule has 12 aromatic rings. The Morgan fingerprint density at radius 3 is 1.86 bits per heavy atom. The molecular weight excluding hydrogens is 717 g/mol. The topological polar surface area (TPSA) is 56.7 Å². The minimum atomic E-state index is 0.561. The van der Waals surface area contributed by atoms with Gasteiger partial charge in [-0.1, -0.05) is 121 Å². The fourth-order valence-electron chi connectivity index (χ4n) is 8.35. The molecule has 57 heavy (non-hydrogen) atoms. The standard InChI is InChI=1S/C51H30N4OS/c1-3-12-31(13-4-1)32-22-24-33(25-23-32)49-52-50(34-26-27-47-42(28-34)37-17-8-10-21-46(37)57-47)54-51(53-49)39-19-11-18-38-41-29-44-40(30-45(41)56-48(38)39)36-16-7-9-20-43(36)55(44)35-14-5-2-6-15-35/h1-30H. The molecule has 0 spiro atoms. The number of hydrogen-bond donors (Lipinski definition) is 0. The van der Waals surface area contributed by atoms with Crippen LogP contribution in [0.25, 0.3) is 115 Å². The molecule has 6 heteroatoms. The molecule has 0 aliphatic heterocycles. The van der Waals surface area contributed by atoms with Crippen LogP contribution in [0, 0.1) is 0 Å². The van der Waals surface area contributed by atoms with E-state index in [1.807, 2.05) is 6.07 Å². The van der Waals surface area contributed by atoms with E-state index in [1.54, 1.807) is 11.3 Å². The maximum atomic E-state index is 6.85. The van der Waals surface area contributed by atoms with Crippen molar-refractivity contribution in [3.8, 4) is 51.0 Å². The third kappa shape index (κ3) is 5.12. The Kier molecular flexibility index (Phi) is 7.03. The van der Waals surface area contributed by atoms with E-state index in [0.29, 0.717) is 17.5 Å². The quantitative estimate of drug-likeness (QED) is 0.176. The molecule has 0 amide bonds. The van der Waals surface area contributed by atoms with Crippen molar-refractivity contribution in [3.05, 3.63) is 182 Å². The number of nitrogens with zero attached hydrogens (tertiary/aromatic N) is 4. The predicted octanol–water partition coefficient (Wildman–Crippen LogP) is 13.9. The number of aromatic nitrogens is 4. The zero-order chi connectivity index (χ0) is 37.5. The zero-order valence-electron chi connectivity index (χ0n) is 30.4. The minimum absolute atomic E-state index is 0.561. The first-order valence-electron chi connectivity index (χ1n) is 19.0. The van der Waals surface area contributed by atoms with E-state index in [-0.39, 0.29) is 0 Å². The van der Waals surface area contributed by atoms with Crippen LogP contribution in [0.2, 0.25) is 0 Å². The molecule has 0 N–H and O–H groups in total. The van der Waals surface area contributed by atoms with Crippen molar-refractivity contribution in [2.24, 2.45) is 0 Å². The minimum Gasteiger partial charge on any atom is -0.455 e. The van der Waals surface area contributed by atoms with Gasteiger partial charge in [0.2, 0.25) is 0 Å². The lowest BCUT2D eigenvalue weighted by Crippen LogP contribution is -2.00. The van der Waals surface area contributed by atoms with Crippen molar-refractivity contribution in [3.63, 3.8) is 0 Å². The van der Waals surface area contributed by atoms with Crippen molar-refractivity contribution >= 4 is 75.3 Å². The summed E-state index contributed by atoms with van der Waals surface area (Å²) >= 11 is 1.80. The summed E-state index contributed by atoms with van der Waals surface area (Å²) in [7, 11) is 0. The second-order valence-corrected chi connectivity index (χ2v) is 15.5. The van der Waals surface area contributed by atoms with Crippen molar-refractivity contribution in [2.75, 3.05) is 0 Å². The van der Waals surface area contributed by atoms with Gasteiger partial charge >= 0.3 is 0 Å². The number of benzene rings is 8. The fourth-order valence-corrected chi connectivity index (χ4v) is 9.44. The number of hydrogen-bond acceptors (Lipinski definition) is 5. The summed E-state index contributed by atoms with van der Waals surface area (Å²) in [6.45, 7) is 0. The second-order valence-electron chi connectivity index (χ2n) is 14.4. The van der Waals surface area contributed by atoms with Crippen LogP contribution in [0.4, 0.5) is 0 Å². The largest absolute Gasteiger partial charge is 0.455 e. The first-order chi connectivity index (χ1) is 28.2. The zero-order valence-corrected chi connectivity index (χ0v) is 31.2. The summed E-state index contributed by atoms with van der Waals surface area (Å²) < 4.78 is 11.7. The van der Waals surface area contributed by atoms with Gasteiger partial charge in [-0.3, -0.25) is 0 Å². The highest BCUT2D eigenvalue weighted by atomic mass is 32.1. The fraction of sp³-hybridized carbons (Fsp3) is 0. The van der Waals surface area contributed by atoms with Gasteiger partial charge in [0.15, 0.2) is 17.5 Å². The molecule has 0 saturated carbocycles. The van der Waals surface area contributed by atoms with Crippen LogP contribution >= 0.6 is 11.3 Å². The Morgan fingerprint density at radius 2 is 1.02 bits per heavy atom. The molecule has 0 saturated heterocycles. The van der Waals surface area contributed by atoms with Crippen LogP contribution in [0.15, 0.2) is 186 Å². The smallest absolute Gasteiger partial charge is 0.167 e. The van der Waals surface area contributed by atoms with Crippen LogP contribution < -0.4 is 0 Å². The molecule has 0 radical (unpaired) electrons. The van der Waals surface area contributed by atoms with Gasteiger partial charge in [0.1, 0.15) is 11.2 Å². The van der Waals surface area contributed by atoms with Crippen molar-refractivity contribution in [2.45, 2.75) is 0 Å². The maximum absolute atomic E-state index is 6.85. The van der Waals surface area contributed by atoms with Gasteiger partial charge in [0.05, 0.1) is 16.6 Å².